The molecule has 0 aliphatic carbocycles. The Hall–Kier alpha value is -0.841. The van der Waals surface area contributed by atoms with Gasteiger partial charge in [-0.2, -0.15) is 0 Å². The zero-order chi connectivity index (χ0) is 17.5. The maximum atomic E-state index is 6.89. The predicted molar refractivity (Wildman–Crippen MR) is 106 cm³/mol. The van der Waals surface area contributed by atoms with Crippen LogP contribution in [0.25, 0.3) is 0 Å². The van der Waals surface area contributed by atoms with Gasteiger partial charge in [0, 0.05) is 0 Å². The normalized spacial score (nSPS) is 22.2. The van der Waals surface area contributed by atoms with E-state index >= 15 is 0 Å². The van der Waals surface area contributed by atoms with Crippen LogP contribution >= 0.6 is 0 Å². The Morgan fingerprint density at radius 3 is 1.44 bits per heavy atom. The molecule has 0 radical (unpaired) electrons. The molecule has 1 fully saturated rings. The second-order valence-corrected chi connectivity index (χ2v) is 16.4. The van der Waals surface area contributed by atoms with E-state index in [2.05, 4.69) is 74.5 Å². The van der Waals surface area contributed by atoms with Crippen molar-refractivity contribution in [1.29, 1.82) is 0 Å². The van der Waals surface area contributed by atoms with Gasteiger partial charge in [-0.1, -0.05) is 0 Å². The fourth-order valence-electron chi connectivity index (χ4n) is 3.64. The Bertz CT molecular complexity index is 571. The van der Waals surface area contributed by atoms with E-state index in [1.54, 1.807) is 0 Å². The van der Waals surface area contributed by atoms with Gasteiger partial charge < -0.3 is 0 Å². The van der Waals surface area contributed by atoms with Crippen molar-refractivity contribution in [2.45, 2.75) is 60.6 Å². The zero-order valence-electron chi connectivity index (χ0n) is 15.5. The second kappa shape index (κ2) is 9.20. The molecule has 1 saturated heterocycles. The summed E-state index contributed by atoms with van der Waals surface area (Å²) in [5, 5.41) is 0. The van der Waals surface area contributed by atoms with Gasteiger partial charge in [-0.3, -0.25) is 0 Å². The van der Waals surface area contributed by atoms with Crippen LogP contribution in [-0.2, 0) is 6.15 Å². The third-order valence-corrected chi connectivity index (χ3v) is 15.3. The van der Waals surface area contributed by atoms with E-state index in [1.165, 1.54) is 45.7 Å². The molecule has 3 rings (SSSR count). The van der Waals surface area contributed by atoms with Gasteiger partial charge in [0.05, 0.1) is 0 Å². The molecule has 2 atom stereocenters. The van der Waals surface area contributed by atoms with Gasteiger partial charge in [-0.25, -0.2) is 0 Å². The number of hydrogen-bond acceptors (Lipinski definition) is 2. The monoisotopic (exact) mass is 446 g/mol. The molecule has 0 saturated carbocycles. The van der Waals surface area contributed by atoms with Gasteiger partial charge in [-0.15, -0.1) is 0 Å². The van der Waals surface area contributed by atoms with Crippen molar-refractivity contribution in [3.63, 3.8) is 0 Å². The van der Waals surface area contributed by atoms with Crippen LogP contribution in [0.3, 0.4) is 0 Å². The molecule has 0 unspecified atom stereocenters. The first-order valence-corrected chi connectivity index (χ1v) is 16.1. The summed E-state index contributed by atoms with van der Waals surface area (Å²) in [7, 11) is 0. The SMILES string of the molecule is CCC[CH2][Sn]1([CH2]CCC)[O][C@H](c2ccccc2)[C@H](c2ccccc2)[O]1. The average Bonchev–Trinajstić information content (AvgIpc) is 3.06. The number of unbranched alkanes of at least 4 members (excludes halogenated alkanes) is 2. The number of benzene rings is 2. The molecule has 1 aliphatic heterocycles. The fourth-order valence-corrected chi connectivity index (χ4v) is 15.1. The minimum absolute atomic E-state index is 0.0492. The summed E-state index contributed by atoms with van der Waals surface area (Å²) in [4.78, 5) is 0. The standard InChI is InChI=1S/C14H12O2.2C4H9.Sn/c15-13(11-7-3-1-4-8-11)14(16)12-9-5-2-6-10-12;2*1-3-4-2;/h1-10,13-14H;2*1,3-4H2,2H3;/q-2;;;+2/t13-,14+;;;. The van der Waals surface area contributed by atoms with Crippen LogP contribution in [0.4, 0.5) is 0 Å². The molecule has 0 N–H and O–H groups in total. The van der Waals surface area contributed by atoms with Crippen molar-refractivity contribution < 1.29 is 6.15 Å². The second-order valence-electron chi connectivity index (χ2n) is 7.02. The molecule has 1 heterocycles. The zero-order valence-corrected chi connectivity index (χ0v) is 18.3. The quantitative estimate of drug-likeness (QED) is 0.429. The number of rotatable bonds is 8. The van der Waals surface area contributed by atoms with E-state index in [0.29, 0.717) is 0 Å². The van der Waals surface area contributed by atoms with E-state index in [4.69, 9.17) is 6.15 Å². The van der Waals surface area contributed by atoms with Gasteiger partial charge in [0.15, 0.2) is 0 Å². The van der Waals surface area contributed by atoms with E-state index in [0.717, 1.165) is 0 Å². The van der Waals surface area contributed by atoms with Gasteiger partial charge in [0.2, 0.25) is 0 Å². The van der Waals surface area contributed by atoms with Crippen molar-refractivity contribution in [2.75, 3.05) is 0 Å². The molecule has 2 aromatic carbocycles. The van der Waals surface area contributed by atoms with E-state index in [-0.39, 0.29) is 12.2 Å². The summed E-state index contributed by atoms with van der Waals surface area (Å²) < 4.78 is 16.1. The molecule has 0 bridgehead atoms. The van der Waals surface area contributed by atoms with Crippen LogP contribution in [0.15, 0.2) is 60.7 Å². The molecule has 25 heavy (non-hydrogen) atoms. The summed E-state index contributed by atoms with van der Waals surface area (Å²) >= 11 is -3.04. The molecule has 3 heteroatoms. The van der Waals surface area contributed by atoms with Gasteiger partial charge in [0.25, 0.3) is 0 Å². The summed E-state index contributed by atoms with van der Waals surface area (Å²) in [5.74, 6) is 0. The first kappa shape index (κ1) is 18.9. The molecule has 134 valence electrons. The Balaban J connectivity index is 1.92. The van der Waals surface area contributed by atoms with Crippen molar-refractivity contribution in [3.8, 4) is 0 Å². The Morgan fingerprint density at radius 1 is 0.680 bits per heavy atom. The molecular formula is C22H30O2Sn. The van der Waals surface area contributed by atoms with Crippen LogP contribution in [-0.4, -0.2) is 19.2 Å². The molecule has 2 nitrogen and oxygen atoms in total. The van der Waals surface area contributed by atoms with Crippen molar-refractivity contribution in [3.05, 3.63) is 71.8 Å². The van der Waals surface area contributed by atoms with Gasteiger partial charge in [0.1, 0.15) is 0 Å². The van der Waals surface area contributed by atoms with Crippen molar-refractivity contribution in [2.24, 2.45) is 0 Å². The Labute approximate surface area is 157 Å². The Kier molecular flexibility index (Phi) is 6.97. The van der Waals surface area contributed by atoms with E-state index < -0.39 is 19.2 Å². The molecule has 0 aromatic heterocycles. The third-order valence-electron chi connectivity index (χ3n) is 5.04. The molecular weight excluding hydrogens is 415 g/mol. The first-order chi connectivity index (χ1) is 12.3. The van der Waals surface area contributed by atoms with Crippen molar-refractivity contribution >= 4 is 19.2 Å². The molecule has 2 aromatic rings. The molecule has 0 amide bonds. The topological polar surface area (TPSA) is 18.5 Å². The van der Waals surface area contributed by atoms with Gasteiger partial charge >= 0.3 is 158 Å². The van der Waals surface area contributed by atoms with Crippen molar-refractivity contribution in [1.82, 2.24) is 0 Å². The summed E-state index contributed by atoms with van der Waals surface area (Å²) in [5.41, 5.74) is 2.51. The van der Waals surface area contributed by atoms with Crippen LogP contribution in [0, 0.1) is 0 Å². The van der Waals surface area contributed by atoms with Crippen LogP contribution in [0.1, 0.15) is 62.9 Å². The van der Waals surface area contributed by atoms with Crippen LogP contribution in [0.2, 0.25) is 8.87 Å². The molecule has 1 aliphatic rings. The van der Waals surface area contributed by atoms with Crippen LogP contribution in [0.5, 0.6) is 0 Å². The maximum absolute atomic E-state index is 6.89. The summed E-state index contributed by atoms with van der Waals surface area (Å²) in [6, 6.07) is 21.3. The number of hydrogen-bond donors (Lipinski definition) is 0. The predicted octanol–water partition coefficient (Wildman–Crippen LogP) is 6.56. The fraction of sp³-hybridized carbons (Fsp3) is 0.455. The Morgan fingerprint density at radius 2 is 1.08 bits per heavy atom. The third kappa shape index (κ3) is 4.66. The van der Waals surface area contributed by atoms with Gasteiger partial charge in [-0.05, 0) is 0 Å². The summed E-state index contributed by atoms with van der Waals surface area (Å²) in [6.07, 6.45) is 4.97. The van der Waals surface area contributed by atoms with E-state index in [1.807, 2.05) is 0 Å². The average molecular weight is 445 g/mol. The van der Waals surface area contributed by atoms with Crippen LogP contribution < -0.4 is 0 Å². The first-order valence-electron chi connectivity index (χ1n) is 9.73. The van der Waals surface area contributed by atoms with E-state index in [9.17, 15) is 0 Å². The molecule has 0 spiro atoms. The summed E-state index contributed by atoms with van der Waals surface area (Å²) in [6.45, 7) is 4.52. The minimum atomic E-state index is -3.04.